The molecule has 2 N–H and O–H groups in total. The first kappa shape index (κ1) is 21.1. The average Bonchev–Trinajstić information content (AvgIpc) is 2.80. The van der Waals surface area contributed by atoms with Gasteiger partial charge in [0.2, 0.25) is 11.7 Å². The zero-order valence-corrected chi connectivity index (χ0v) is 16.1. The van der Waals surface area contributed by atoms with E-state index in [2.05, 4.69) is 4.98 Å². The number of fused-ring (bicyclic) bond motifs is 1. The van der Waals surface area contributed by atoms with E-state index in [1.54, 1.807) is 19.1 Å². The van der Waals surface area contributed by atoms with E-state index in [-0.39, 0.29) is 35.2 Å². The lowest BCUT2D eigenvalue weighted by molar-refractivity contribution is -0.170. The fraction of sp³-hybridized carbons (Fsp3) is 0.333. The zero-order chi connectivity index (χ0) is 21.4. The Hall–Kier alpha value is -2.66. The maximum Gasteiger partial charge on any atom is 0.450 e. The quantitative estimate of drug-likeness (QED) is 0.797. The van der Waals surface area contributed by atoms with Crippen molar-refractivity contribution in [1.82, 2.24) is 4.98 Å². The number of nitrogens with two attached hydrogens (primary N) is 1. The number of hydrogen-bond acceptors (Lipinski definition) is 6. The molecule has 156 valence electrons. The molecule has 1 aromatic carbocycles. The number of carbonyl (C=O) groups excluding carboxylic acids is 1. The van der Waals surface area contributed by atoms with Gasteiger partial charge in [-0.25, -0.2) is 13.4 Å². The second-order valence-electron chi connectivity index (χ2n) is 6.69. The number of Topliss-reactive ketones (excluding diaryl/α,β-unsaturated/α-hetero) is 1. The summed E-state index contributed by atoms with van der Waals surface area (Å²) in [7, 11) is -4.10. The first-order valence-corrected chi connectivity index (χ1v) is 9.99. The minimum atomic E-state index is -5.00. The summed E-state index contributed by atoms with van der Waals surface area (Å²) < 4.78 is 70.6. The Labute approximate surface area is 165 Å². The minimum absolute atomic E-state index is 0.00526. The summed E-state index contributed by atoms with van der Waals surface area (Å²) >= 11 is 0. The number of halogens is 3. The molecule has 11 heteroatoms. The molecule has 29 heavy (non-hydrogen) atoms. The fourth-order valence-corrected chi connectivity index (χ4v) is 4.45. The minimum Gasteiger partial charge on any atom is -0.474 e. The molecule has 1 aromatic heterocycles. The second-order valence-corrected chi connectivity index (χ2v) is 8.55. The fourth-order valence-electron chi connectivity index (χ4n) is 2.84. The molecule has 0 aliphatic carbocycles. The van der Waals surface area contributed by atoms with Crippen LogP contribution in [0.4, 0.5) is 18.9 Å². The van der Waals surface area contributed by atoms with Gasteiger partial charge < -0.3 is 10.5 Å². The van der Waals surface area contributed by atoms with Crippen LogP contribution in [0.5, 0.6) is 5.88 Å². The smallest absolute Gasteiger partial charge is 0.450 e. The van der Waals surface area contributed by atoms with Crippen molar-refractivity contribution in [3.63, 3.8) is 0 Å². The van der Waals surface area contributed by atoms with Crippen molar-refractivity contribution in [2.24, 2.45) is 5.73 Å². The summed E-state index contributed by atoms with van der Waals surface area (Å²) in [6, 6.07) is 6.66. The molecule has 0 amide bonds. The Balaban J connectivity index is 2.07. The van der Waals surface area contributed by atoms with Crippen LogP contribution in [0.1, 0.15) is 11.1 Å². The van der Waals surface area contributed by atoms with E-state index in [0.29, 0.717) is 5.56 Å². The van der Waals surface area contributed by atoms with Crippen LogP contribution in [-0.2, 0) is 21.2 Å². The number of rotatable bonds is 4. The van der Waals surface area contributed by atoms with Crippen LogP contribution in [0.2, 0.25) is 0 Å². The molecule has 3 rings (SSSR count). The number of anilines is 1. The summed E-state index contributed by atoms with van der Waals surface area (Å²) in [5.74, 6) is -2.05. The number of nitrogens with zero attached hydrogens (tertiary/aromatic N) is 2. The number of ether oxygens (including phenoxy) is 1. The van der Waals surface area contributed by atoms with Crippen molar-refractivity contribution in [2.45, 2.75) is 30.5 Å². The Morgan fingerprint density at radius 2 is 2.07 bits per heavy atom. The van der Waals surface area contributed by atoms with Crippen LogP contribution in [0.3, 0.4) is 0 Å². The van der Waals surface area contributed by atoms with Gasteiger partial charge in [0.25, 0.3) is 10.0 Å². The van der Waals surface area contributed by atoms with Crippen molar-refractivity contribution in [3.05, 3.63) is 47.7 Å². The summed E-state index contributed by atoms with van der Waals surface area (Å²) in [6.45, 7) is 1.54. The zero-order valence-electron chi connectivity index (χ0n) is 15.3. The number of hydrogen-bond donors (Lipinski definition) is 1. The lowest BCUT2D eigenvalue weighted by Crippen LogP contribution is -2.42. The van der Waals surface area contributed by atoms with Crippen LogP contribution in [0, 0.1) is 6.92 Å². The molecule has 1 aliphatic rings. The number of ketones is 1. The number of pyridine rings is 1. The van der Waals surface area contributed by atoms with Crippen LogP contribution >= 0.6 is 0 Å². The van der Waals surface area contributed by atoms with Crippen molar-refractivity contribution in [2.75, 3.05) is 17.5 Å². The topological polar surface area (TPSA) is 103 Å². The van der Waals surface area contributed by atoms with Crippen LogP contribution in [0.25, 0.3) is 0 Å². The Morgan fingerprint density at radius 1 is 1.34 bits per heavy atom. The van der Waals surface area contributed by atoms with Crippen LogP contribution < -0.4 is 14.8 Å². The van der Waals surface area contributed by atoms with Gasteiger partial charge in [0.05, 0.1) is 17.5 Å². The van der Waals surface area contributed by atoms with Gasteiger partial charge in [-0.2, -0.15) is 13.2 Å². The van der Waals surface area contributed by atoms with E-state index in [9.17, 15) is 26.4 Å². The van der Waals surface area contributed by atoms with Gasteiger partial charge in [-0.3, -0.25) is 9.10 Å². The highest BCUT2D eigenvalue weighted by Gasteiger charge is 2.38. The number of aryl methyl sites for hydroxylation is 1. The first-order valence-electron chi connectivity index (χ1n) is 8.55. The highest BCUT2D eigenvalue weighted by molar-refractivity contribution is 7.92. The Morgan fingerprint density at radius 3 is 2.72 bits per heavy atom. The first-order chi connectivity index (χ1) is 13.5. The normalized spacial score (nSPS) is 17.3. The highest BCUT2D eigenvalue weighted by atomic mass is 32.2. The lowest BCUT2D eigenvalue weighted by atomic mass is 10.1. The predicted molar refractivity (Wildman–Crippen MR) is 98.2 cm³/mol. The largest absolute Gasteiger partial charge is 0.474 e. The van der Waals surface area contributed by atoms with E-state index in [1.165, 1.54) is 12.1 Å². The van der Waals surface area contributed by atoms with Gasteiger partial charge in [-0.15, -0.1) is 0 Å². The van der Waals surface area contributed by atoms with Gasteiger partial charge >= 0.3 is 6.18 Å². The van der Waals surface area contributed by atoms with E-state index in [0.717, 1.165) is 16.6 Å². The van der Waals surface area contributed by atoms with E-state index < -0.39 is 34.4 Å². The molecule has 2 aromatic rings. The van der Waals surface area contributed by atoms with Gasteiger partial charge in [0, 0.05) is 12.6 Å². The molecule has 7 nitrogen and oxygen atoms in total. The predicted octanol–water partition coefficient (Wildman–Crippen LogP) is 1.98. The number of benzene rings is 1. The molecule has 0 bridgehead atoms. The monoisotopic (exact) mass is 429 g/mol. The molecular formula is C18H18F3N3O4S. The molecule has 1 unspecified atom stereocenters. The van der Waals surface area contributed by atoms with Crippen molar-refractivity contribution in [3.8, 4) is 5.88 Å². The molecule has 1 atom stereocenters. The lowest BCUT2D eigenvalue weighted by Gasteiger charge is -2.25. The van der Waals surface area contributed by atoms with E-state index in [4.69, 9.17) is 10.5 Å². The third kappa shape index (κ3) is 4.51. The van der Waals surface area contributed by atoms with E-state index >= 15 is 0 Å². The van der Waals surface area contributed by atoms with Crippen LogP contribution in [-0.4, -0.2) is 44.6 Å². The number of aromatic nitrogens is 1. The number of carbonyl (C=O) groups is 1. The Kier molecular flexibility index (Phi) is 5.54. The molecule has 2 heterocycles. The maximum absolute atomic E-state index is 13.2. The summed E-state index contributed by atoms with van der Waals surface area (Å²) in [4.78, 5) is 15.2. The standard InChI is InChI=1S/C18H18F3N3O4S/c1-11-3-2-4-14(5-11)29(26,27)24-9-13(22)10-28-17-15(24)6-12(8-23-17)7-16(25)18(19,20)21/h2-6,8,13H,7,9-10,22H2,1H3. The molecule has 0 spiro atoms. The van der Waals surface area contributed by atoms with Gasteiger partial charge in [-0.05, 0) is 36.2 Å². The SMILES string of the molecule is Cc1cccc(S(=O)(=O)N2CC(N)COc3ncc(CC(=O)C(F)(F)F)cc32)c1. The highest BCUT2D eigenvalue weighted by Crippen LogP contribution is 2.34. The average molecular weight is 429 g/mol. The third-order valence-corrected chi connectivity index (χ3v) is 6.03. The summed E-state index contributed by atoms with van der Waals surface area (Å²) in [6.07, 6.45) is -4.91. The molecular weight excluding hydrogens is 411 g/mol. The molecule has 0 saturated carbocycles. The van der Waals surface area contributed by atoms with Gasteiger partial charge in [0.1, 0.15) is 12.3 Å². The third-order valence-electron chi connectivity index (χ3n) is 4.25. The van der Waals surface area contributed by atoms with Gasteiger partial charge in [0.15, 0.2) is 0 Å². The van der Waals surface area contributed by atoms with Crippen molar-refractivity contribution in [1.29, 1.82) is 0 Å². The molecule has 0 saturated heterocycles. The van der Waals surface area contributed by atoms with E-state index in [1.807, 2.05) is 0 Å². The summed E-state index contributed by atoms with van der Waals surface area (Å²) in [5, 5.41) is 0. The van der Waals surface area contributed by atoms with Crippen molar-refractivity contribution < 1.29 is 31.1 Å². The number of sulfonamides is 1. The Bertz CT molecular complexity index is 1040. The summed E-state index contributed by atoms with van der Waals surface area (Å²) in [5.41, 5.74) is 6.48. The van der Waals surface area contributed by atoms with Gasteiger partial charge in [-0.1, -0.05) is 12.1 Å². The number of alkyl halides is 3. The van der Waals surface area contributed by atoms with Crippen molar-refractivity contribution >= 4 is 21.5 Å². The molecule has 1 aliphatic heterocycles. The van der Waals surface area contributed by atoms with Crippen LogP contribution in [0.15, 0.2) is 41.4 Å². The molecule has 0 fully saturated rings. The second kappa shape index (κ2) is 7.64. The maximum atomic E-state index is 13.2. The molecule has 0 radical (unpaired) electrons.